The van der Waals surface area contributed by atoms with Crippen LogP contribution in [-0.4, -0.2) is 77.0 Å². The van der Waals surface area contributed by atoms with Gasteiger partial charge in [-0.1, -0.05) is 48.9 Å². The Labute approximate surface area is 261 Å². The Bertz CT molecular complexity index is 1620. The fourth-order valence-corrected chi connectivity index (χ4v) is 12.7. The predicted molar refractivity (Wildman–Crippen MR) is 174 cm³/mol. The van der Waals surface area contributed by atoms with E-state index >= 15 is 0 Å². The average Bonchev–Trinajstić information content (AvgIpc) is 3.82. The first kappa shape index (κ1) is 26.4. The van der Waals surface area contributed by atoms with Crippen molar-refractivity contribution in [1.29, 1.82) is 0 Å². The van der Waals surface area contributed by atoms with E-state index in [1.165, 1.54) is 52.1 Å². The molecule has 2 aromatic carbocycles. The standard InChI is InChI=1S/C38H46N4O2/c1-3-22-17-41-12-11-38-30-14-23(8-9-32(30)40-35(38)27(19-43)24(22)15-33(38)41)21(2)26-18-42-13-10-37-29-6-4-5-7-31(29)39-36(37)28(20-44)25(26)16-34(37)42/h3-9,14,18,21,24-25,27-28,33-36,39-40,43-44H,10-13,15-17,19-20H2,1-2H3/t21-,24+,25+,27-,28-,33+,34+,35+,36+,37-,38-/m1/s1. The fourth-order valence-electron chi connectivity index (χ4n) is 12.7. The minimum absolute atomic E-state index is 0.0762. The Morgan fingerprint density at radius 3 is 2.39 bits per heavy atom. The molecule has 8 aliphatic rings. The number of fused-ring (bicyclic) bond motifs is 4. The zero-order valence-electron chi connectivity index (χ0n) is 26.0. The normalized spacial score (nSPS) is 43.5. The Morgan fingerprint density at radius 1 is 0.886 bits per heavy atom. The molecule has 4 bridgehead atoms. The van der Waals surface area contributed by atoms with Crippen LogP contribution < -0.4 is 10.6 Å². The van der Waals surface area contributed by atoms with Crippen LogP contribution in [0.2, 0.25) is 0 Å². The maximum absolute atomic E-state index is 11.0. The first-order chi connectivity index (χ1) is 21.5. The third-order valence-electron chi connectivity index (χ3n) is 14.6. The molecule has 230 valence electrons. The summed E-state index contributed by atoms with van der Waals surface area (Å²) in [4.78, 5) is 5.43. The number of allylic oxidation sites excluding steroid dienone is 2. The Morgan fingerprint density at radius 2 is 1.59 bits per heavy atom. The van der Waals surface area contributed by atoms with Crippen LogP contribution in [-0.2, 0) is 10.8 Å². The van der Waals surface area contributed by atoms with Crippen molar-refractivity contribution >= 4 is 11.4 Å². The van der Waals surface area contributed by atoms with E-state index in [4.69, 9.17) is 0 Å². The maximum atomic E-state index is 11.0. The molecular formula is C38H46N4O2. The molecule has 10 rings (SSSR count). The van der Waals surface area contributed by atoms with Gasteiger partial charge in [-0.2, -0.15) is 0 Å². The lowest BCUT2D eigenvalue weighted by Gasteiger charge is -2.55. The van der Waals surface area contributed by atoms with Crippen molar-refractivity contribution in [3.63, 3.8) is 0 Å². The highest BCUT2D eigenvalue weighted by Crippen LogP contribution is 2.64. The second-order valence-electron chi connectivity index (χ2n) is 15.5. The molecule has 2 aromatic rings. The number of nitrogens with one attached hydrogen (secondary N) is 2. The minimum Gasteiger partial charge on any atom is -0.396 e. The van der Waals surface area contributed by atoms with Crippen LogP contribution in [0, 0.1) is 23.7 Å². The molecule has 3 saturated heterocycles. The second-order valence-corrected chi connectivity index (χ2v) is 15.5. The summed E-state index contributed by atoms with van der Waals surface area (Å²) in [5.74, 6) is 1.61. The van der Waals surface area contributed by atoms with Crippen molar-refractivity contribution in [2.75, 3.05) is 43.5 Å². The van der Waals surface area contributed by atoms with Crippen LogP contribution in [0.15, 0.2) is 65.9 Å². The summed E-state index contributed by atoms with van der Waals surface area (Å²) in [5, 5.41) is 29.7. The first-order valence-electron chi connectivity index (χ1n) is 17.4. The largest absolute Gasteiger partial charge is 0.396 e. The van der Waals surface area contributed by atoms with Gasteiger partial charge in [0.2, 0.25) is 0 Å². The van der Waals surface area contributed by atoms with Crippen LogP contribution in [0.1, 0.15) is 62.1 Å². The second kappa shape index (κ2) is 8.92. The Balaban J connectivity index is 1.03. The molecule has 5 fully saturated rings. The van der Waals surface area contributed by atoms with Crippen LogP contribution in [0.25, 0.3) is 0 Å². The highest BCUT2D eigenvalue weighted by Gasteiger charge is 2.66. The number of anilines is 2. The van der Waals surface area contributed by atoms with Gasteiger partial charge in [-0.05, 0) is 91.6 Å². The van der Waals surface area contributed by atoms with Crippen molar-refractivity contribution in [2.45, 2.75) is 80.4 Å². The lowest BCUT2D eigenvalue weighted by atomic mass is 9.55. The highest BCUT2D eigenvalue weighted by molar-refractivity contribution is 5.67. The van der Waals surface area contributed by atoms with E-state index in [1.54, 1.807) is 0 Å². The molecule has 0 radical (unpaired) electrons. The smallest absolute Gasteiger partial charge is 0.0484 e. The van der Waals surface area contributed by atoms with Crippen LogP contribution >= 0.6 is 0 Å². The molecule has 6 heteroatoms. The third-order valence-corrected chi connectivity index (χ3v) is 14.6. The molecule has 2 spiro atoms. The van der Waals surface area contributed by atoms with Gasteiger partial charge in [-0.15, -0.1) is 0 Å². The fraction of sp³-hybridized carbons (Fsp3) is 0.579. The van der Waals surface area contributed by atoms with Crippen LogP contribution in [0.3, 0.4) is 0 Å². The zero-order chi connectivity index (χ0) is 29.5. The monoisotopic (exact) mass is 590 g/mol. The molecule has 6 heterocycles. The van der Waals surface area contributed by atoms with E-state index in [2.05, 4.69) is 89.0 Å². The van der Waals surface area contributed by atoms with Gasteiger partial charge in [0.25, 0.3) is 0 Å². The van der Waals surface area contributed by atoms with Gasteiger partial charge in [0.1, 0.15) is 0 Å². The molecule has 44 heavy (non-hydrogen) atoms. The van der Waals surface area contributed by atoms with E-state index < -0.39 is 0 Å². The average molecular weight is 591 g/mol. The summed E-state index contributed by atoms with van der Waals surface area (Å²) in [6, 6.07) is 17.9. The van der Waals surface area contributed by atoms with Gasteiger partial charge >= 0.3 is 0 Å². The number of piperidine rings is 1. The Hall–Kier alpha value is -2.80. The molecule has 2 aliphatic carbocycles. The lowest BCUT2D eigenvalue weighted by Crippen LogP contribution is -2.62. The van der Waals surface area contributed by atoms with Crippen molar-refractivity contribution in [3.05, 3.63) is 82.6 Å². The summed E-state index contributed by atoms with van der Waals surface area (Å²) in [6.07, 6.45) is 9.49. The van der Waals surface area contributed by atoms with Crippen molar-refractivity contribution in [3.8, 4) is 0 Å². The molecule has 0 aromatic heterocycles. The number of aliphatic hydroxyl groups is 2. The topological polar surface area (TPSA) is 71.0 Å². The summed E-state index contributed by atoms with van der Waals surface area (Å²) in [7, 11) is 0. The van der Waals surface area contributed by atoms with Crippen molar-refractivity contribution < 1.29 is 10.2 Å². The molecule has 2 saturated carbocycles. The molecule has 6 aliphatic heterocycles. The SMILES string of the molecule is CC=C1CN2CC[C@]34c5cc([C@@H](C)C6=CN7CC[C@]89c%10ccccc%10N[C@H]8[C@H](CO)[C@H]6C[C@H]79)ccc5N[C@H]3[C@H](CO)[C@H]1C[C@H]24. The third kappa shape index (κ3) is 2.95. The predicted octanol–water partition coefficient (Wildman–Crippen LogP) is 4.82. The summed E-state index contributed by atoms with van der Waals surface area (Å²) < 4.78 is 0. The molecule has 11 atom stereocenters. The van der Waals surface area contributed by atoms with Crippen molar-refractivity contribution in [1.82, 2.24) is 9.80 Å². The summed E-state index contributed by atoms with van der Waals surface area (Å²) >= 11 is 0. The van der Waals surface area contributed by atoms with Gasteiger partial charge in [0.05, 0.1) is 0 Å². The number of hydrogen-bond acceptors (Lipinski definition) is 6. The lowest BCUT2D eigenvalue weighted by molar-refractivity contribution is 0.0298. The highest BCUT2D eigenvalue weighted by atomic mass is 16.3. The van der Waals surface area contributed by atoms with Gasteiger partial charge in [0, 0.05) is 90.4 Å². The zero-order valence-corrected chi connectivity index (χ0v) is 26.0. The minimum atomic E-state index is 0.0762. The van der Waals surface area contributed by atoms with Gasteiger partial charge in [-0.3, -0.25) is 4.90 Å². The summed E-state index contributed by atoms with van der Waals surface area (Å²) in [6.45, 7) is 8.38. The molecule has 0 amide bonds. The van der Waals surface area contributed by atoms with Gasteiger partial charge in [-0.25, -0.2) is 0 Å². The molecule has 4 N–H and O–H groups in total. The number of aliphatic hydroxyl groups excluding tert-OH is 2. The number of hydrogen-bond donors (Lipinski definition) is 4. The molecule has 0 unspecified atom stereocenters. The number of para-hydroxylation sites is 1. The van der Waals surface area contributed by atoms with Crippen LogP contribution in [0.4, 0.5) is 11.4 Å². The maximum Gasteiger partial charge on any atom is 0.0484 e. The quantitative estimate of drug-likeness (QED) is 0.383. The van der Waals surface area contributed by atoms with E-state index in [9.17, 15) is 10.2 Å². The first-order valence-corrected chi connectivity index (χ1v) is 17.4. The van der Waals surface area contributed by atoms with E-state index in [0.717, 1.165) is 32.5 Å². The van der Waals surface area contributed by atoms with Gasteiger partial charge < -0.3 is 25.7 Å². The Kier molecular flexibility index (Phi) is 5.36. The van der Waals surface area contributed by atoms with Crippen molar-refractivity contribution in [2.24, 2.45) is 23.7 Å². The number of rotatable bonds is 4. The number of nitrogens with zero attached hydrogens (tertiary/aromatic N) is 2. The number of benzene rings is 2. The van der Waals surface area contributed by atoms with E-state index in [-0.39, 0.29) is 53.9 Å². The molecule has 6 nitrogen and oxygen atoms in total. The van der Waals surface area contributed by atoms with E-state index in [1.807, 2.05) is 0 Å². The summed E-state index contributed by atoms with van der Waals surface area (Å²) in [5.41, 5.74) is 10.2. The van der Waals surface area contributed by atoms with Gasteiger partial charge in [0.15, 0.2) is 0 Å². The molecular weight excluding hydrogens is 544 g/mol. The van der Waals surface area contributed by atoms with Crippen LogP contribution in [0.5, 0.6) is 0 Å². The van der Waals surface area contributed by atoms with E-state index in [0.29, 0.717) is 23.9 Å².